The van der Waals surface area contributed by atoms with Gasteiger partial charge in [0.05, 0.1) is 30.5 Å². The summed E-state index contributed by atoms with van der Waals surface area (Å²) in [7, 11) is 1.66. The highest BCUT2D eigenvalue weighted by atomic mass is 16.5. The van der Waals surface area contributed by atoms with Crippen LogP contribution < -0.4 is 4.74 Å². The molecule has 0 spiro atoms. The summed E-state index contributed by atoms with van der Waals surface area (Å²) in [6.45, 7) is 9.62. The van der Waals surface area contributed by atoms with Crippen LogP contribution in [0.4, 0.5) is 0 Å². The molecule has 6 nitrogen and oxygen atoms in total. The van der Waals surface area contributed by atoms with E-state index in [0.717, 1.165) is 28.4 Å². The van der Waals surface area contributed by atoms with Gasteiger partial charge in [-0.1, -0.05) is 19.9 Å². The summed E-state index contributed by atoms with van der Waals surface area (Å²) in [6.07, 6.45) is 4.29. The minimum Gasteiger partial charge on any atom is -0.495 e. The van der Waals surface area contributed by atoms with Crippen molar-refractivity contribution in [3.63, 3.8) is 0 Å². The molecule has 1 N–H and O–H groups in total. The second kappa shape index (κ2) is 7.72. The maximum Gasteiger partial charge on any atom is 0.143 e. The van der Waals surface area contributed by atoms with Crippen molar-refractivity contribution < 1.29 is 9.84 Å². The number of hydrogen-bond acceptors (Lipinski definition) is 5. The Morgan fingerprint density at radius 3 is 2.50 bits per heavy atom. The average molecular weight is 380 g/mol. The Labute approximate surface area is 166 Å². The first kappa shape index (κ1) is 20.0. The second-order valence-electron chi connectivity index (χ2n) is 7.91. The molecule has 3 aromatic rings. The third kappa shape index (κ3) is 4.39. The van der Waals surface area contributed by atoms with Crippen LogP contribution in [0.15, 0.2) is 36.8 Å². The van der Waals surface area contributed by atoms with Gasteiger partial charge in [-0.15, -0.1) is 0 Å². The minimum atomic E-state index is -1.01. The second-order valence-corrected chi connectivity index (χ2v) is 7.91. The smallest absolute Gasteiger partial charge is 0.143 e. The molecule has 0 saturated heterocycles. The van der Waals surface area contributed by atoms with Crippen LogP contribution in [0.5, 0.6) is 5.75 Å². The third-order valence-corrected chi connectivity index (χ3v) is 4.61. The number of hydrogen-bond donors (Lipinski definition) is 1. The summed E-state index contributed by atoms with van der Waals surface area (Å²) in [4.78, 5) is 13.6. The normalized spacial score (nSPS) is 11.9. The van der Waals surface area contributed by atoms with Gasteiger partial charge < -0.3 is 14.4 Å². The predicted molar refractivity (Wildman–Crippen MR) is 109 cm³/mol. The first-order chi connectivity index (χ1) is 13.2. The fraction of sp³-hybridized carbons (Fsp3) is 0.409. The van der Waals surface area contributed by atoms with Crippen LogP contribution in [0, 0.1) is 6.92 Å². The van der Waals surface area contributed by atoms with Gasteiger partial charge in [0.1, 0.15) is 17.2 Å². The van der Waals surface area contributed by atoms with Crippen molar-refractivity contribution in [1.29, 1.82) is 0 Å². The Balaban J connectivity index is 1.96. The lowest BCUT2D eigenvalue weighted by Gasteiger charge is -2.19. The molecule has 3 rings (SSSR count). The Bertz CT molecular complexity index is 971. The van der Waals surface area contributed by atoms with E-state index < -0.39 is 5.60 Å². The molecular formula is C22H28N4O2. The summed E-state index contributed by atoms with van der Waals surface area (Å²) in [6, 6.07) is 7.94. The first-order valence-corrected chi connectivity index (χ1v) is 9.46. The van der Waals surface area contributed by atoms with Crippen molar-refractivity contribution >= 4 is 0 Å². The summed E-state index contributed by atoms with van der Waals surface area (Å²) in [5.74, 6) is 1.71. The molecule has 148 valence electrons. The summed E-state index contributed by atoms with van der Waals surface area (Å²) < 4.78 is 7.54. The van der Waals surface area contributed by atoms with E-state index in [2.05, 4.69) is 23.8 Å². The van der Waals surface area contributed by atoms with Gasteiger partial charge in [-0.25, -0.2) is 15.0 Å². The number of aryl methyl sites for hydroxylation is 1. The maximum absolute atomic E-state index is 10.4. The predicted octanol–water partition coefficient (Wildman–Crippen LogP) is 3.92. The van der Waals surface area contributed by atoms with Crippen molar-refractivity contribution in [2.24, 2.45) is 0 Å². The highest BCUT2D eigenvalue weighted by Gasteiger charge is 2.21. The molecule has 0 atom stereocenters. The third-order valence-electron chi connectivity index (χ3n) is 4.61. The van der Waals surface area contributed by atoms with Crippen LogP contribution in [-0.2, 0) is 12.0 Å². The highest BCUT2D eigenvalue weighted by Crippen LogP contribution is 2.26. The van der Waals surface area contributed by atoms with Crippen LogP contribution >= 0.6 is 0 Å². The zero-order valence-corrected chi connectivity index (χ0v) is 17.4. The average Bonchev–Trinajstić information content (AvgIpc) is 3.06. The Kier molecular flexibility index (Phi) is 5.52. The molecule has 28 heavy (non-hydrogen) atoms. The molecule has 0 radical (unpaired) electrons. The topological polar surface area (TPSA) is 73.1 Å². The molecule has 0 bridgehead atoms. The molecule has 0 aliphatic rings. The van der Waals surface area contributed by atoms with Crippen LogP contribution in [0.2, 0.25) is 0 Å². The fourth-order valence-electron chi connectivity index (χ4n) is 2.99. The maximum atomic E-state index is 10.4. The molecule has 0 saturated carbocycles. The highest BCUT2D eigenvalue weighted by molar-refractivity contribution is 5.49. The van der Waals surface area contributed by atoms with Crippen LogP contribution in [-0.4, -0.2) is 31.7 Å². The molecule has 2 heterocycles. The van der Waals surface area contributed by atoms with Crippen LogP contribution in [0.25, 0.3) is 5.69 Å². The van der Waals surface area contributed by atoms with E-state index in [9.17, 15) is 5.11 Å². The minimum absolute atomic E-state index is 0.254. The van der Waals surface area contributed by atoms with Gasteiger partial charge in [0.15, 0.2) is 0 Å². The van der Waals surface area contributed by atoms with Crippen molar-refractivity contribution in [1.82, 2.24) is 19.5 Å². The fourth-order valence-corrected chi connectivity index (χ4v) is 2.99. The molecule has 0 aliphatic carbocycles. The number of ether oxygens (including phenoxy) is 1. The van der Waals surface area contributed by atoms with Crippen molar-refractivity contribution in [3.05, 3.63) is 65.3 Å². The number of methoxy groups -OCH3 is 1. The van der Waals surface area contributed by atoms with E-state index in [1.54, 1.807) is 27.3 Å². The number of imidazole rings is 1. The van der Waals surface area contributed by atoms with E-state index >= 15 is 0 Å². The van der Waals surface area contributed by atoms with E-state index in [1.165, 1.54) is 0 Å². The molecule has 6 heteroatoms. The van der Waals surface area contributed by atoms with Crippen LogP contribution in [0.1, 0.15) is 62.1 Å². The van der Waals surface area contributed by atoms with Gasteiger partial charge in [-0.05, 0) is 50.5 Å². The van der Waals surface area contributed by atoms with Gasteiger partial charge in [-0.2, -0.15) is 0 Å². The number of aromatic nitrogens is 4. The van der Waals surface area contributed by atoms with Gasteiger partial charge >= 0.3 is 0 Å². The van der Waals surface area contributed by atoms with E-state index in [0.29, 0.717) is 17.9 Å². The molecule has 0 fully saturated rings. The SMILES string of the molecule is COc1cc(Cc2nc(C(C)C)cc(C(C)(C)O)n2)ccc1-n1cnc(C)c1. The van der Waals surface area contributed by atoms with Gasteiger partial charge in [0, 0.05) is 18.3 Å². The number of benzene rings is 1. The van der Waals surface area contributed by atoms with E-state index in [-0.39, 0.29) is 5.92 Å². The first-order valence-electron chi connectivity index (χ1n) is 9.46. The molecule has 0 amide bonds. The van der Waals surface area contributed by atoms with E-state index in [1.807, 2.05) is 42.0 Å². The van der Waals surface area contributed by atoms with Gasteiger partial charge in [-0.3, -0.25) is 0 Å². The van der Waals surface area contributed by atoms with Crippen LogP contribution in [0.3, 0.4) is 0 Å². The molecule has 2 aromatic heterocycles. The molecular weight excluding hydrogens is 352 g/mol. The van der Waals surface area contributed by atoms with Gasteiger partial charge in [0.2, 0.25) is 0 Å². The van der Waals surface area contributed by atoms with E-state index in [4.69, 9.17) is 9.72 Å². The largest absolute Gasteiger partial charge is 0.495 e. The number of aliphatic hydroxyl groups is 1. The Morgan fingerprint density at radius 1 is 1.18 bits per heavy atom. The summed E-state index contributed by atoms with van der Waals surface area (Å²) >= 11 is 0. The summed E-state index contributed by atoms with van der Waals surface area (Å²) in [5, 5.41) is 10.4. The lowest BCUT2D eigenvalue weighted by atomic mass is 10.0. The molecule has 1 aromatic carbocycles. The Morgan fingerprint density at radius 2 is 1.93 bits per heavy atom. The summed E-state index contributed by atoms with van der Waals surface area (Å²) in [5.41, 5.74) is 3.48. The Hall–Kier alpha value is -2.73. The number of rotatable bonds is 6. The van der Waals surface area contributed by atoms with Crippen molar-refractivity contribution in [2.75, 3.05) is 7.11 Å². The van der Waals surface area contributed by atoms with Crippen molar-refractivity contribution in [3.8, 4) is 11.4 Å². The lowest BCUT2D eigenvalue weighted by Crippen LogP contribution is -2.20. The monoisotopic (exact) mass is 380 g/mol. The molecule has 0 unspecified atom stereocenters. The zero-order chi connectivity index (χ0) is 20.5. The zero-order valence-electron chi connectivity index (χ0n) is 17.4. The number of nitrogens with zero attached hydrogens (tertiary/aromatic N) is 4. The molecule has 0 aliphatic heterocycles. The quantitative estimate of drug-likeness (QED) is 0.702. The standard InChI is InChI=1S/C22H28N4O2/c1-14(2)17-11-20(22(4,5)27)25-21(24-17)10-16-7-8-18(19(9-16)28-6)26-12-15(3)23-13-26/h7-9,11-14,27H,10H2,1-6H3. The lowest BCUT2D eigenvalue weighted by molar-refractivity contribution is 0.0733. The van der Waals surface area contributed by atoms with Crippen molar-refractivity contribution in [2.45, 2.75) is 52.6 Å². The van der Waals surface area contributed by atoms with Gasteiger partial charge in [0.25, 0.3) is 0 Å².